The maximum atomic E-state index is 14.5. The number of amides is 1. The third-order valence-corrected chi connectivity index (χ3v) is 9.27. The molecule has 242 valence electrons. The van der Waals surface area contributed by atoms with Crippen molar-refractivity contribution in [2.45, 2.75) is 117 Å². The first-order chi connectivity index (χ1) is 20.7. The summed E-state index contributed by atoms with van der Waals surface area (Å²) in [6, 6.07) is 13.3. The lowest BCUT2D eigenvalue weighted by molar-refractivity contribution is -0.160. The fraction of sp³-hybridized carbons (Fsp3) is 0.622. The Labute approximate surface area is 265 Å². The highest BCUT2D eigenvalue weighted by Gasteiger charge is 2.59. The van der Waals surface area contributed by atoms with Gasteiger partial charge in [0.05, 0.1) is 19.8 Å². The van der Waals surface area contributed by atoms with Gasteiger partial charge in [-0.05, 0) is 59.3 Å². The number of carbonyl (C=O) groups is 2. The zero-order chi connectivity index (χ0) is 32.4. The molecule has 0 saturated carbocycles. The lowest BCUT2D eigenvalue weighted by atomic mass is 9.72. The van der Waals surface area contributed by atoms with E-state index in [1.54, 1.807) is 7.11 Å². The fourth-order valence-corrected chi connectivity index (χ4v) is 7.12. The predicted molar refractivity (Wildman–Crippen MR) is 175 cm³/mol. The third-order valence-electron chi connectivity index (χ3n) is 9.27. The van der Waals surface area contributed by atoms with E-state index in [4.69, 9.17) is 14.2 Å². The van der Waals surface area contributed by atoms with Crippen molar-refractivity contribution in [1.82, 2.24) is 10.2 Å². The van der Waals surface area contributed by atoms with Crippen LogP contribution in [0.25, 0.3) is 0 Å². The lowest BCUT2D eigenvalue weighted by Crippen LogP contribution is -2.50. The average Bonchev–Trinajstić information content (AvgIpc) is 3.62. The number of methoxy groups -OCH3 is 1. The summed E-state index contributed by atoms with van der Waals surface area (Å²) in [5.74, 6) is 0.306. The average molecular weight is 607 g/mol. The summed E-state index contributed by atoms with van der Waals surface area (Å²) in [5.41, 5.74) is 4.11. The monoisotopic (exact) mass is 606 g/mol. The van der Waals surface area contributed by atoms with Crippen molar-refractivity contribution in [2.75, 3.05) is 20.3 Å². The van der Waals surface area contributed by atoms with E-state index in [0.717, 1.165) is 23.3 Å². The topological polar surface area (TPSA) is 77.1 Å². The standard InChI is InChI=1S/C37H54N2O5/c1-11-43-35(41)33-30(37(7,8)9)31(38-22-24-21-25(36(4,5)6)18-19-28(24)42-10)32(27-16-13-12-15-26(27)23(2)3)39(33)34(40)29-17-14-20-44-29/h12-13,15-16,18-19,21,23,29-33,38H,11,14,17,20,22H2,1-10H3/t29-,30-,31-,32-,33-/m0/s1. The molecule has 1 amide bonds. The first kappa shape index (κ1) is 34.0. The zero-order valence-electron chi connectivity index (χ0n) is 28.5. The summed E-state index contributed by atoms with van der Waals surface area (Å²) < 4.78 is 17.5. The largest absolute Gasteiger partial charge is 0.496 e. The van der Waals surface area contributed by atoms with Crippen molar-refractivity contribution in [3.8, 4) is 5.75 Å². The molecule has 2 heterocycles. The molecule has 1 N–H and O–H groups in total. The van der Waals surface area contributed by atoms with Gasteiger partial charge in [-0.15, -0.1) is 0 Å². The van der Waals surface area contributed by atoms with E-state index in [-0.39, 0.29) is 47.2 Å². The van der Waals surface area contributed by atoms with Crippen molar-refractivity contribution in [3.05, 3.63) is 64.7 Å². The van der Waals surface area contributed by atoms with E-state index in [1.165, 1.54) is 11.1 Å². The van der Waals surface area contributed by atoms with Crippen LogP contribution in [0.5, 0.6) is 5.75 Å². The minimum absolute atomic E-state index is 0.0272. The molecule has 0 aliphatic carbocycles. The number of nitrogens with zero attached hydrogens (tertiary/aromatic N) is 1. The van der Waals surface area contributed by atoms with E-state index >= 15 is 0 Å². The number of rotatable bonds is 9. The number of benzene rings is 2. The molecule has 2 fully saturated rings. The molecule has 44 heavy (non-hydrogen) atoms. The molecule has 7 heteroatoms. The van der Waals surface area contributed by atoms with Crippen LogP contribution < -0.4 is 10.1 Å². The summed E-state index contributed by atoms with van der Waals surface area (Å²) in [4.78, 5) is 30.4. The van der Waals surface area contributed by atoms with Gasteiger partial charge in [0.2, 0.25) is 0 Å². The highest BCUT2D eigenvalue weighted by atomic mass is 16.5. The van der Waals surface area contributed by atoms with E-state index in [9.17, 15) is 9.59 Å². The second-order valence-corrected chi connectivity index (χ2v) is 14.7. The smallest absolute Gasteiger partial charge is 0.329 e. The van der Waals surface area contributed by atoms with Crippen LogP contribution in [0.4, 0.5) is 0 Å². The van der Waals surface area contributed by atoms with Crippen LogP contribution in [-0.4, -0.2) is 55.3 Å². The van der Waals surface area contributed by atoms with Crippen LogP contribution in [0.15, 0.2) is 42.5 Å². The second kappa shape index (κ2) is 13.6. The molecule has 0 unspecified atom stereocenters. The van der Waals surface area contributed by atoms with E-state index in [1.807, 2.05) is 24.0 Å². The van der Waals surface area contributed by atoms with Gasteiger partial charge in [-0.1, -0.05) is 91.8 Å². The first-order valence-corrected chi connectivity index (χ1v) is 16.3. The fourth-order valence-electron chi connectivity index (χ4n) is 7.12. The van der Waals surface area contributed by atoms with Crippen LogP contribution in [0.2, 0.25) is 0 Å². The maximum Gasteiger partial charge on any atom is 0.329 e. The molecule has 5 atom stereocenters. The van der Waals surface area contributed by atoms with E-state index in [2.05, 4.69) is 91.0 Å². The Morgan fingerprint density at radius 3 is 2.34 bits per heavy atom. The molecule has 0 spiro atoms. The molecule has 2 aliphatic rings. The van der Waals surface area contributed by atoms with Gasteiger partial charge in [-0.25, -0.2) is 4.79 Å². The van der Waals surface area contributed by atoms with Gasteiger partial charge in [-0.3, -0.25) is 4.79 Å². The van der Waals surface area contributed by atoms with Gasteiger partial charge in [0.1, 0.15) is 17.9 Å². The number of esters is 1. The first-order valence-electron chi connectivity index (χ1n) is 16.3. The molecule has 0 aromatic heterocycles. The predicted octanol–water partition coefficient (Wildman–Crippen LogP) is 6.93. The number of ether oxygens (including phenoxy) is 3. The summed E-state index contributed by atoms with van der Waals surface area (Å²) in [5, 5.41) is 3.90. The molecule has 0 radical (unpaired) electrons. The van der Waals surface area contributed by atoms with Gasteiger partial charge in [-0.2, -0.15) is 0 Å². The molecule has 0 bridgehead atoms. The molecule has 2 aliphatic heterocycles. The SMILES string of the molecule is CCOC(=O)[C@@H]1[C@@H](C(C)(C)C)[C@H](NCc2cc(C(C)(C)C)ccc2OC)[C@H](c2ccccc2C(C)C)N1C(=O)[C@@H]1CCCO1. The normalized spacial score (nSPS) is 24.2. The van der Waals surface area contributed by atoms with Crippen molar-refractivity contribution >= 4 is 11.9 Å². The van der Waals surface area contributed by atoms with Crippen molar-refractivity contribution < 1.29 is 23.8 Å². The molecule has 7 nitrogen and oxygen atoms in total. The summed E-state index contributed by atoms with van der Waals surface area (Å²) in [6.45, 7) is 20.6. The molecule has 4 rings (SSSR count). The number of hydrogen-bond donors (Lipinski definition) is 1. The highest BCUT2D eigenvalue weighted by Crippen LogP contribution is 2.50. The van der Waals surface area contributed by atoms with Gasteiger partial charge in [0.25, 0.3) is 5.91 Å². The minimum Gasteiger partial charge on any atom is -0.496 e. The molecular formula is C37H54N2O5. The molecule has 2 aromatic rings. The van der Waals surface area contributed by atoms with Crippen LogP contribution in [0.1, 0.15) is 109 Å². The molecule has 2 aromatic carbocycles. The summed E-state index contributed by atoms with van der Waals surface area (Å²) >= 11 is 0. The Bertz CT molecular complexity index is 1300. The van der Waals surface area contributed by atoms with Crippen LogP contribution >= 0.6 is 0 Å². The Morgan fingerprint density at radius 2 is 1.77 bits per heavy atom. The highest BCUT2D eigenvalue weighted by molar-refractivity contribution is 5.89. The number of likely N-dealkylation sites (tertiary alicyclic amines) is 1. The van der Waals surface area contributed by atoms with Crippen molar-refractivity contribution in [1.29, 1.82) is 0 Å². The van der Waals surface area contributed by atoms with Crippen molar-refractivity contribution in [2.24, 2.45) is 11.3 Å². The summed E-state index contributed by atoms with van der Waals surface area (Å²) in [6.07, 6.45) is 0.914. The maximum absolute atomic E-state index is 14.5. The number of nitrogens with one attached hydrogen (secondary N) is 1. The van der Waals surface area contributed by atoms with Crippen LogP contribution in [0, 0.1) is 11.3 Å². The Morgan fingerprint density at radius 1 is 1.07 bits per heavy atom. The Kier molecular flexibility index (Phi) is 10.5. The third kappa shape index (κ3) is 6.99. The Hall–Kier alpha value is -2.90. The van der Waals surface area contributed by atoms with Crippen LogP contribution in [0.3, 0.4) is 0 Å². The van der Waals surface area contributed by atoms with Gasteiger partial charge in [0.15, 0.2) is 0 Å². The Balaban J connectivity index is 1.91. The zero-order valence-corrected chi connectivity index (χ0v) is 28.5. The quantitative estimate of drug-likeness (QED) is 0.312. The van der Waals surface area contributed by atoms with Crippen molar-refractivity contribution in [3.63, 3.8) is 0 Å². The molecule has 2 saturated heterocycles. The number of hydrogen-bond acceptors (Lipinski definition) is 6. The van der Waals surface area contributed by atoms with Gasteiger partial charge < -0.3 is 24.4 Å². The number of carbonyl (C=O) groups excluding carboxylic acids is 2. The van der Waals surface area contributed by atoms with Gasteiger partial charge in [0, 0.05) is 30.7 Å². The lowest BCUT2D eigenvalue weighted by Gasteiger charge is -2.36. The molecular weight excluding hydrogens is 552 g/mol. The van der Waals surface area contributed by atoms with E-state index in [0.29, 0.717) is 19.6 Å². The van der Waals surface area contributed by atoms with Gasteiger partial charge >= 0.3 is 5.97 Å². The minimum atomic E-state index is -0.767. The second-order valence-electron chi connectivity index (χ2n) is 14.7. The van der Waals surface area contributed by atoms with E-state index < -0.39 is 18.2 Å². The van der Waals surface area contributed by atoms with Crippen LogP contribution in [-0.2, 0) is 31.0 Å². The summed E-state index contributed by atoms with van der Waals surface area (Å²) in [7, 11) is 1.70.